The van der Waals surface area contributed by atoms with Crippen LogP contribution in [0.15, 0.2) is 24.5 Å². The number of methoxy groups -OCH3 is 1. The van der Waals surface area contributed by atoms with E-state index in [1.807, 2.05) is 24.5 Å². The SMILES string of the molecule is COC(NC(=O)C1CC1)c1nc2ccc(-c3cnc(CO[C@H]4CCC[C@@H]4O[Si](C)(C)C(C)(C)C)nc3)c(O[Si](C)(C)C(C)(C)C)c2s1. The summed E-state index contributed by atoms with van der Waals surface area (Å²) in [6.07, 6.45) is 8.29. The number of aromatic nitrogens is 3. The Morgan fingerprint density at radius 1 is 0.957 bits per heavy atom. The van der Waals surface area contributed by atoms with Crippen molar-refractivity contribution in [3.05, 3.63) is 35.4 Å². The maximum absolute atomic E-state index is 12.6. The molecule has 0 radical (unpaired) electrons. The summed E-state index contributed by atoms with van der Waals surface area (Å²) in [6, 6.07) is 4.04. The molecule has 2 heterocycles. The van der Waals surface area contributed by atoms with Crippen molar-refractivity contribution in [3.8, 4) is 16.9 Å². The van der Waals surface area contributed by atoms with Crippen molar-refractivity contribution in [1.29, 1.82) is 0 Å². The van der Waals surface area contributed by atoms with Crippen LogP contribution in [0.1, 0.15) is 90.7 Å². The Morgan fingerprint density at radius 2 is 1.60 bits per heavy atom. The zero-order chi connectivity index (χ0) is 34.4. The summed E-state index contributed by atoms with van der Waals surface area (Å²) in [6.45, 7) is 23.0. The molecule has 5 rings (SSSR count). The standard InChI is InChI=1S/C35H54N4O5SSi2/c1-34(2,3)46(8,9)43-27-14-12-13-26(27)42-21-28-36-19-23(20-37-28)24-17-18-25-30(29(24)44-47(10,11)35(4,5)6)45-33(38-25)32(41-7)39-31(40)22-15-16-22/h17-20,22,26-27,32H,12-16,21H2,1-11H3,(H,39,40)/t26-,27-,32?/m0/s1. The molecule has 1 aromatic carbocycles. The molecule has 1 amide bonds. The average molecular weight is 699 g/mol. The third-order valence-corrected chi connectivity index (χ3v) is 20.4. The normalized spacial score (nSPS) is 20.1. The van der Waals surface area contributed by atoms with Crippen LogP contribution < -0.4 is 9.74 Å². The van der Waals surface area contributed by atoms with Gasteiger partial charge < -0.3 is 23.6 Å². The van der Waals surface area contributed by atoms with Gasteiger partial charge in [-0.1, -0.05) is 41.5 Å². The summed E-state index contributed by atoms with van der Waals surface area (Å²) >= 11 is 1.50. The summed E-state index contributed by atoms with van der Waals surface area (Å²) < 4.78 is 26.8. The van der Waals surface area contributed by atoms with Gasteiger partial charge in [0, 0.05) is 36.5 Å². The van der Waals surface area contributed by atoms with E-state index in [-0.39, 0.29) is 34.1 Å². The second-order valence-electron chi connectivity index (χ2n) is 16.2. The minimum Gasteiger partial charge on any atom is -0.542 e. The van der Waals surface area contributed by atoms with E-state index in [2.05, 4.69) is 73.0 Å². The van der Waals surface area contributed by atoms with E-state index in [9.17, 15) is 4.79 Å². The highest BCUT2D eigenvalue weighted by atomic mass is 32.1. The fraction of sp³-hybridized carbons (Fsp3) is 0.657. The first kappa shape index (κ1) is 36.1. The lowest BCUT2D eigenvalue weighted by molar-refractivity contribution is -0.126. The lowest BCUT2D eigenvalue weighted by Gasteiger charge is -2.39. The van der Waals surface area contributed by atoms with Gasteiger partial charge in [-0.2, -0.15) is 0 Å². The highest BCUT2D eigenvalue weighted by Crippen LogP contribution is 2.46. The second kappa shape index (κ2) is 13.6. The molecule has 47 heavy (non-hydrogen) atoms. The number of carbonyl (C=O) groups is 1. The lowest BCUT2D eigenvalue weighted by Crippen LogP contribution is -2.46. The predicted molar refractivity (Wildman–Crippen MR) is 194 cm³/mol. The number of hydrogen-bond donors (Lipinski definition) is 1. The van der Waals surface area contributed by atoms with E-state index >= 15 is 0 Å². The molecule has 2 aliphatic carbocycles. The third kappa shape index (κ3) is 8.16. The zero-order valence-corrected chi connectivity index (χ0v) is 33.0. The topological polar surface area (TPSA) is 105 Å². The Balaban J connectivity index is 1.39. The van der Waals surface area contributed by atoms with Crippen LogP contribution in [0.4, 0.5) is 0 Å². The van der Waals surface area contributed by atoms with E-state index in [4.69, 9.17) is 33.3 Å². The number of amides is 1. The number of ether oxygens (including phenoxy) is 2. The first-order chi connectivity index (χ1) is 21.9. The predicted octanol–water partition coefficient (Wildman–Crippen LogP) is 8.77. The van der Waals surface area contributed by atoms with E-state index in [0.29, 0.717) is 17.4 Å². The molecular weight excluding hydrogens is 645 g/mol. The van der Waals surface area contributed by atoms with Crippen molar-refractivity contribution in [1.82, 2.24) is 20.3 Å². The van der Waals surface area contributed by atoms with Gasteiger partial charge in [-0.15, -0.1) is 11.3 Å². The van der Waals surface area contributed by atoms with Gasteiger partial charge in [0.1, 0.15) is 17.4 Å². The van der Waals surface area contributed by atoms with Crippen molar-refractivity contribution in [2.45, 2.75) is 135 Å². The lowest BCUT2D eigenvalue weighted by atomic mass is 10.1. The molecule has 258 valence electrons. The highest BCUT2D eigenvalue weighted by molar-refractivity contribution is 7.19. The first-order valence-electron chi connectivity index (χ1n) is 17.0. The number of fused-ring (bicyclic) bond motifs is 1. The zero-order valence-electron chi connectivity index (χ0n) is 30.2. The number of carbonyl (C=O) groups excluding carboxylic acids is 1. The number of hydrogen-bond acceptors (Lipinski definition) is 9. The fourth-order valence-electron chi connectivity index (χ4n) is 5.17. The summed E-state index contributed by atoms with van der Waals surface area (Å²) in [7, 11) is -2.54. The molecule has 3 aromatic rings. The Hall–Kier alpha value is -2.23. The van der Waals surface area contributed by atoms with Gasteiger partial charge in [0.2, 0.25) is 5.91 Å². The first-order valence-corrected chi connectivity index (χ1v) is 23.6. The average Bonchev–Trinajstić information content (AvgIpc) is 3.61. The number of benzene rings is 1. The van der Waals surface area contributed by atoms with Gasteiger partial charge in [-0.05, 0) is 80.5 Å². The number of thiazole rings is 1. The molecule has 2 fully saturated rings. The maximum atomic E-state index is 12.6. The maximum Gasteiger partial charge on any atom is 0.250 e. The molecule has 3 atom stereocenters. The van der Waals surface area contributed by atoms with Gasteiger partial charge in [0.05, 0.1) is 22.4 Å². The minimum absolute atomic E-state index is 0.0161. The third-order valence-electron chi connectivity index (χ3n) is 10.5. The Labute approximate surface area is 286 Å². The van der Waals surface area contributed by atoms with E-state index < -0.39 is 22.9 Å². The van der Waals surface area contributed by atoms with E-state index in [1.54, 1.807) is 7.11 Å². The summed E-state index contributed by atoms with van der Waals surface area (Å²) in [5.74, 6) is 1.52. The Bertz CT molecular complexity index is 1560. The number of nitrogens with zero attached hydrogens (tertiary/aromatic N) is 3. The van der Waals surface area contributed by atoms with Gasteiger partial charge in [0.15, 0.2) is 20.4 Å². The molecule has 1 N–H and O–H groups in total. The Morgan fingerprint density at radius 3 is 2.19 bits per heavy atom. The molecule has 9 nitrogen and oxygen atoms in total. The van der Waals surface area contributed by atoms with Gasteiger partial charge >= 0.3 is 0 Å². The molecular formula is C35H54N4O5SSi2. The van der Waals surface area contributed by atoms with Crippen molar-refractivity contribution in [2.75, 3.05) is 7.11 Å². The fourth-order valence-corrected chi connectivity index (χ4v) is 8.73. The molecule has 0 spiro atoms. The monoisotopic (exact) mass is 698 g/mol. The smallest absolute Gasteiger partial charge is 0.250 e. The molecule has 12 heteroatoms. The summed E-state index contributed by atoms with van der Waals surface area (Å²) in [5, 5.41) is 3.86. The molecule has 1 unspecified atom stereocenters. The molecule has 2 aliphatic rings. The molecule has 0 saturated heterocycles. The highest BCUT2D eigenvalue weighted by Gasteiger charge is 2.43. The molecule has 0 bridgehead atoms. The van der Waals surface area contributed by atoms with Crippen LogP contribution in [0.25, 0.3) is 21.3 Å². The summed E-state index contributed by atoms with van der Waals surface area (Å²) in [4.78, 5) is 26.9. The van der Waals surface area contributed by atoms with Crippen molar-refractivity contribution in [3.63, 3.8) is 0 Å². The van der Waals surface area contributed by atoms with Crippen LogP contribution in [0.5, 0.6) is 5.75 Å². The van der Waals surface area contributed by atoms with Crippen LogP contribution in [0.3, 0.4) is 0 Å². The summed E-state index contributed by atoms with van der Waals surface area (Å²) in [5.41, 5.74) is 2.59. The van der Waals surface area contributed by atoms with Crippen LogP contribution in [0, 0.1) is 5.92 Å². The Kier molecular flexibility index (Phi) is 10.4. The molecule has 2 saturated carbocycles. The largest absolute Gasteiger partial charge is 0.542 e. The van der Waals surface area contributed by atoms with Gasteiger partial charge in [-0.25, -0.2) is 15.0 Å². The molecule has 2 aromatic heterocycles. The van der Waals surface area contributed by atoms with Crippen molar-refractivity contribution >= 4 is 44.1 Å². The van der Waals surface area contributed by atoms with Crippen LogP contribution in [0.2, 0.25) is 36.3 Å². The minimum atomic E-state index is -2.25. The quantitative estimate of drug-likeness (QED) is 0.148. The van der Waals surface area contributed by atoms with E-state index in [1.165, 1.54) is 11.3 Å². The van der Waals surface area contributed by atoms with E-state index in [0.717, 1.165) is 59.2 Å². The number of nitrogens with one attached hydrogen (secondary N) is 1. The van der Waals surface area contributed by atoms with Crippen LogP contribution >= 0.6 is 11.3 Å². The van der Waals surface area contributed by atoms with Gasteiger partial charge in [0.25, 0.3) is 8.32 Å². The molecule has 0 aliphatic heterocycles. The van der Waals surface area contributed by atoms with Crippen molar-refractivity contribution < 1.29 is 23.1 Å². The van der Waals surface area contributed by atoms with Crippen LogP contribution in [-0.2, 0) is 25.3 Å². The van der Waals surface area contributed by atoms with Crippen LogP contribution in [-0.4, -0.2) is 56.8 Å². The van der Waals surface area contributed by atoms with Crippen molar-refractivity contribution in [2.24, 2.45) is 5.92 Å². The second-order valence-corrected chi connectivity index (χ2v) is 26.7. The number of rotatable bonds is 12. The van der Waals surface area contributed by atoms with Gasteiger partial charge in [-0.3, -0.25) is 4.79 Å².